The summed E-state index contributed by atoms with van der Waals surface area (Å²) in [6, 6.07) is 13.5. The minimum atomic E-state index is 0.144. The van der Waals surface area contributed by atoms with Crippen LogP contribution < -0.4 is 14.4 Å². The Balaban J connectivity index is 1.07. The Labute approximate surface area is 239 Å². The van der Waals surface area contributed by atoms with E-state index in [1.54, 1.807) is 17.8 Å². The number of anilines is 1. The lowest BCUT2D eigenvalue weighted by atomic mass is 9.83. The minimum absolute atomic E-state index is 0.144. The van der Waals surface area contributed by atoms with Crippen molar-refractivity contribution in [1.29, 1.82) is 5.26 Å². The van der Waals surface area contributed by atoms with E-state index in [2.05, 4.69) is 63.0 Å². The van der Waals surface area contributed by atoms with Gasteiger partial charge in [0.2, 0.25) is 5.88 Å². The fourth-order valence-corrected chi connectivity index (χ4v) is 6.78. The van der Waals surface area contributed by atoms with Gasteiger partial charge in [-0.25, -0.2) is 14.5 Å². The van der Waals surface area contributed by atoms with Crippen LogP contribution in [0.2, 0.25) is 0 Å². The molecule has 0 amide bonds. The highest BCUT2D eigenvalue weighted by molar-refractivity contribution is 5.85. The van der Waals surface area contributed by atoms with Crippen molar-refractivity contribution in [2.24, 2.45) is 5.41 Å². The second-order valence-corrected chi connectivity index (χ2v) is 12.1. The van der Waals surface area contributed by atoms with Crippen LogP contribution in [0.15, 0.2) is 55.1 Å². The van der Waals surface area contributed by atoms with Crippen LogP contribution >= 0.6 is 0 Å². The maximum absolute atomic E-state index is 9.75. The monoisotopic (exact) mass is 550 g/mol. The molecule has 4 aromatic rings. The molecule has 210 valence electrons. The van der Waals surface area contributed by atoms with Gasteiger partial charge in [-0.1, -0.05) is 13.0 Å². The van der Waals surface area contributed by atoms with Crippen LogP contribution in [0.3, 0.4) is 0 Å². The number of methoxy groups -OCH3 is 1. The number of hydrogen-bond donors (Lipinski definition) is 0. The molecular formula is C31H34N8O2. The quantitative estimate of drug-likeness (QED) is 0.327. The summed E-state index contributed by atoms with van der Waals surface area (Å²) in [5.41, 5.74) is 4.49. The van der Waals surface area contributed by atoms with Crippen molar-refractivity contribution in [2.45, 2.75) is 32.0 Å². The fourth-order valence-electron chi connectivity index (χ4n) is 6.78. The molecule has 10 nitrogen and oxygen atoms in total. The van der Waals surface area contributed by atoms with Gasteiger partial charge in [0.15, 0.2) is 0 Å². The molecule has 0 saturated carbocycles. The highest BCUT2D eigenvalue weighted by Gasteiger charge is 2.44. The molecule has 0 radical (unpaired) electrons. The third-order valence-electron chi connectivity index (χ3n) is 8.70. The second kappa shape index (κ2) is 10.0. The summed E-state index contributed by atoms with van der Waals surface area (Å²) in [5, 5.41) is 14.2. The van der Waals surface area contributed by atoms with Gasteiger partial charge < -0.3 is 19.3 Å². The summed E-state index contributed by atoms with van der Waals surface area (Å²) in [6.07, 6.45) is 8.51. The van der Waals surface area contributed by atoms with E-state index in [4.69, 9.17) is 14.5 Å². The number of likely N-dealkylation sites (tertiary alicyclic amines) is 1. The van der Waals surface area contributed by atoms with Gasteiger partial charge >= 0.3 is 0 Å². The maximum atomic E-state index is 9.75. The fraction of sp³-hybridized carbons (Fsp3) is 0.419. The lowest BCUT2D eigenvalue weighted by molar-refractivity contribution is -0.00876. The largest absolute Gasteiger partial charge is 0.491 e. The van der Waals surface area contributed by atoms with Gasteiger partial charge in [0, 0.05) is 79.8 Å². The van der Waals surface area contributed by atoms with Crippen molar-refractivity contribution in [3.8, 4) is 28.8 Å². The molecule has 4 aromatic heterocycles. The van der Waals surface area contributed by atoms with Crippen molar-refractivity contribution >= 4 is 11.3 Å². The molecule has 0 aliphatic carbocycles. The molecule has 4 aliphatic rings. The predicted molar refractivity (Wildman–Crippen MR) is 155 cm³/mol. The third-order valence-corrected chi connectivity index (χ3v) is 8.70. The normalized spacial score (nSPS) is 21.7. The molecule has 2 bridgehead atoms. The van der Waals surface area contributed by atoms with E-state index in [-0.39, 0.29) is 5.41 Å². The lowest BCUT2D eigenvalue weighted by Gasteiger charge is -2.56. The first-order valence-electron chi connectivity index (χ1n) is 14.1. The first-order valence-corrected chi connectivity index (χ1v) is 14.1. The van der Waals surface area contributed by atoms with E-state index in [0.717, 1.165) is 60.9 Å². The SMILES string of the molecule is COc1ccc(CN2C3CC2CN(c2ccc(-c4cc(OCC5(C)CN(C)C5)cn5ncc(C#N)c45)cn2)C3)cn1. The summed E-state index contributed by atoms with van der Waals surface area (Å²) in [6.45, 7) is 7.73. The van der Waals surface area contributed by atoms with Crippen molar-refractivity contribution in [3.63, 3.8) is 0 Å². The van der Waals surface area contributed by atoms with Gasteiger partial charge in [-0.05, 0) is 37.2 Å². The second-order valence-electron chi connectivity index (χ2n) is 12.1. The van der Waals surface area contributed by atoms with E-state index in [1.807, 2.05) is 30.7 Å². The van der Waals surface area contributed by atoms with E-state index in [0.29, 0.717) is 30.1 Å². The third kappa shape index (κ3) is 4.75. The standard InChI is InChI=1S/C31H34N8O2/c1-31(18-36(2)19-31)20-41-26-9-27(30-23(10-32)13-35-39(30)17-26)22-5-6-28(33-12-22)37-15-24-8-25(16-37)38(24)14-21-4-7-29(40-3)34-11-21/h4-7,9,11-13,17,24-25H,8,14-16,18-20H2,1-3H3. The smallest absolute Gasteiger partial charge is 0.212 e. The van der Waals surface area contributed by atoms with Crippen LogP contribution in [-0.2, 0) is 6.54 Å². The zero-order valence-electron chi connectivity index (χ0n) is 23.7. The van der Waals surface area contributed by atoms with Gasteiger partial charge in [0.05, 0.1) is 37.2 Å². The first kappa shape index (κ1) is 25.7. The minimum Gasteiger partial charge on any atom is -0.491 e. The van der Waals surface area contributed by atoms with E-state index < -0.39 is 0 Å². The molecule has 2 unspecified atom stereocenters. The van der Waals surface area contributed by atoms with Gasteiger partial charge in [-0.3, -0.25) is 4.90 Å². The first-order chi connectivity index (χ1) is 19.9. The summed E-state index contributed by atoms with van der Waals surface area (Å²) in [4.78, 5) is 16.5. The number of fused-ring (bicyclic) bond motifs is 3. The molecule has 8 rings (SSSR count). The highest BCUT2D eigenvalue weighted by atomic mass is 16.5. The Morgan fingerprint density at radius 2 is 1.90 bits per heavy atom. The Morgan fingerprint density at radius 3 is 2.56 bits per heavy atom. The van der Waals surface area contributed by atoms with E-state index in [1.165, 1.54) is 12.0 Å². The average molecular weight is 551 g/mol. The summed E-state index contributed by atoms with van der Waals surface area (Å²) in [5.74, 6) is 2.36. The van der Waals surface area contributed by atoms with E-state index in [9.17, 15) is 5.26 Å². The molecule has 4 aliphatic heterocycles. The molecule has 10 heteroatoms. The zero-order valence-corrected chi connectivity index (χ0v) is 23.7. The number of nitrogens with zero attached hydrogens (tertiary/aromatic N) is 8. The Kier molecular flexibility index (Phi) is 6.29. The molecule has 0 aromatic carbocycles. The molecule has 0 spiro atoms. The summed E-state index contributed by atoms with van der Waals surface area (Å²) < 4.78 is 13.2. The van der Waals surface area contributed by atoms with Gasteiger partial charge in [-0.15, -0.1) is 0 Å². The number of pyridine rings is 3. The van der Waals surface area contributed by atoms with Gasteiger partial charge in [-0.2, -0.15) is 10.4 Å². The molecule has 41 heavy (non-hydrogen) atoms. The van der Waals surface area contributed by atoms with Crippen LogP contribution in [0.4, 0.5) is 5.82 Å². The van der Waals surface area contributed by atoms with Crippen LogP contribution in [-0.4, -0.2) is 88.4 Å². The van der Waals surface area contributed by atoms with Crippen molar-refractivity contribution in [1.82, 2.24) is 29.4 Å². The lowest BCUT2D eigenvalue weighted by Crippen LogP contribution is -2.68. The van der Waals surface area contributed by atoms with Gasteiger partial charge in [0.25, 0.3) is 0 Å². The molecule has 8 heterocycles. The molecule has 0 N–H and O–H groups in total. The topological polar surface area (TPSA) is 95.1 Å². The Hall–Kier alpha value is -4.20. The van der Waals surface area contributed by atoms with Crippen LogP contribution in [0.1, 0.15) is 24.5 Å². The van der Waals surface area contributed by atoms with Crippen LogP contribution in [0.5, 0.6) is 11.6 Å². The van der Waals surface area contributed by atoms with Crippen molar-refractivity contribution < 1.29 is 9.47 Å². The summed E-state index contributed by atoms with van der Waals surface area (Å²) in [7, 11) is 3.76. The molecule has 2 atom stereocenters. The highest BCUT2D eigenvalue weighted by Crippen LogP contribution is 2.37. The maximum Gasteiger partial charge on any atom is 0.212 e. The number of piperidine rings is 1. The zero-order chi connectivity index (χ0) is 28.1. The Bertz CT molecular complexity index is 1590. The van der Waals surface area contributed by atoms with Crippen LogP contribution in [0, 0.1) is 16.7 Å². The molecular weight excluding hydrogens is 516 g/mol. The van der Waals surface area contributed by atoms with Gasteiger partial charge in [0.1, 0.15) is 17.6 Å². The van der Waals surface area contributed by atoms with Crippen molar-refractivity contribution in [3.05, 3.63) is 66.2 Å². The predicted octanol–water partition coefficient (Wildman–Crippen LogP) is 3.47. The number of aromatic nitrogens is 4. The number of hydrogen-bond acceptors (Lipinski definition) is 9. The number of nitriles is 1. The number of piperazine rings is 1. The molecule has 4 fully saturated rings. The molecule has 4 saturated heterocycles. The van der Waals surface area contributed by atoms with E-state index >= 15 is 0 Å². The number of ether oxygens (including phenoxy) is 2. The Morgan fingerprint density at radius 1 is 1.07 bits per heavy atom. The van der Waals surface area contributed by atoms with Crippen molar-refractivity contribution in [2.75, 3.05) is 51.8 Å². The number of rotatable bonds is 8. The average Bonchev–Trinajstić information content (AvgIpc) is 3.41. The van der Waals surface area contributed by atoms with Crippen LogP contribution in [0.25, 0.3) is 16.6 Å². The summed E-state index contributed by atoms with van der Waals surface area (Å²) >= 11 is 0.